The Morgan fingerprint density at radius 1 is 0.595 bits per heavy atom. The molecule has 0 N–H and O–H groups in total. The van der Waals surface area contributed by atoms with Crippen molar-refractivity contribution in [2.24, 2.45) is 0 Å². The predicted molar refractivity (Wildman–Crippen MR) is 146 cm³/mol. The van der Waals surface area contributed by atoms with Crippen LogP contribution in [0.5, 0.6) is 11.5 Å². The quantitative estimate of drug-likeness (QED) is 0.296. The average Bonchev–Trinajstić information content (AvgIpc) is 3.46. The van der Waals surface area contributed by atoms with Crippen molar-refractivity contribution in [3.63, 3.8) is 0 Å². The topological polar surface area (TPSA) is 18.5 Å². The third-order valence-electron chi connectivity index (χ3n) is 8.84. The molecule has 5 aliphatic rings. The molecular weight excluding hydrogens is 578 g/mol. The van der Waals surface area contributed by atoms with Crippen LogP contribution in [-0.2, 0) is 24.1 Å². The summed E-state index contributed by atoms with van der Waals surface area (Å²) in [5, 5.41) is 1.55. The molecule has 2 unspecified atom stereocenters. The van der Waals surface area contributed by atoms with E-state index in [9.17, 15) is 0 Å². The summed E-state index contributed by atoms with van der Waals surface area (Å²) in [6, 6.07) is 12.3. The van der Waals surface area contributed by atoms with Gasteiger partial charge in [0, 0.05) is 0 Å². The van der Waals surface area contributed by atoms with Crippen LogP contribution >= 0.6 is 23.2 Å². The summed E-state index contributed by atoms with van der Waals surface area (Å²) in [5.41, 5.74) is 11.8. The number of halogens is 2. The number of hydrogen-bond donors (Lipinski definition) is 0. The Morgan fingerprint density at radius 3 is 1.54 bits per heavy atom. The van der Waals surface area contributed by atoms with Crippen LogP contribution in [0.3, 0.4) is 0 Å². The second kappa shape index (κ2) is 10.2. The fraction of sp³-hybridized carbons (Fsp3) is 0.375. The molecule has 188 valence electrons. The van der Waals surface area contributed by atoms with Gasteiger partial charge in [0.05, 0.1) is 0 Å². The second-order valence-corrected chi connectivity index (χ2v) is 13.3. The van der Waals surface area contributed by atoms with Gasteiger partial charge < -0.3 is 0 Å². The van der Waals surface area contributed by atoms with Gasteiger partial charge in [0.1, 0.15) is 0 Å². The van der Waals surface area contributed by atoms with Crippen LogP contribution in [0.15, 0.2) is 82.0 Å². The van der Waals surface area contributed by atoms with Gasteiger partial charge in [-0.15, -0.1) is 0 Å². The molecule has 7 rings (SSSR count). The fourth-order valence-corrected chi connectivity index (χ4v) is 9.06. The van der Waals surface area contributed by atoms with Crippen LogP contribution in [0.1, 0.15) is 87.2 Å². The first kappa shape index (κ1) is 24.5. The number of benzene rings is 2. The van der Waals surface area contributed by atoms with Crippen molar-refractivity contribution in [2.75, 3.05) is 0 Å². The SMILES string of the molecule is Clc1ccc2c(c1)C1C(=CC3=C1CCCC3)CCC1=CC3=C(CCCC3)C1c1cc(Cl)ccc1[O][Zr][O]2. The van der Waals surface area contributed by atoms with E-state index in [0.29, 0.717) is 0 Å². The van der Waals surface area contributed by atoms with Crippen molar-refractivity contribution >= 4 is 23.2 Å². The maximum absolute atomic E-state index is 6.58. The molecule has 1 heterocycles. The van der Waals surface area contributed by atoms with Crippen LogP contribution in [0, 0.1) is 0 Å². The molecule has 0 aromatic heterocycles. The van der Waals surface area contributed by atoms with Crippen LogP contribution < -0.4 is 5.63 Å². The summed E-state index contributed by atoms with van der Waals surface area (Å²) in [6.45, 7) is 0. The Hall–Kier alpha value is -1.54. The summed E-state index contributed by atoms with van der Waals surface area (Å²) < 4.78 is 13.1. The van der Waals surface area contributed by atoms with Crippen LogP contribution in [-0.4, -0.2) is 0 Å². The van der Waals surface area contributed by atoms with E-state index >= 15 is 0 Å². The molecule has 37 heavy (non-hydrogen) atoms. The van der Waals surface area contributed by atoms with E-state index < -0.39 is 24.1 Å². The number of hydrogen-bond acceptors (Lipinski definition) is 2. The molecule has 0 spiro atoms. The van der Waals surface area contributed by atoms with Crippen LogP contribution in [0.4, 0.5) is 0 Å². The maximum atomic E-state index is 6.58. The van der Waals surface area contributed by atoms with Gasteiger partial charge in [-0.3, -0.25) is 0 Å². The molecule has 0 fully saturated rings. The molecule has 0 radical (unpaired) electrons. The van der Waals surface area contributed by atoms with E-state index in [1.54, 1.807) is 22.3 Å². The first-order valence-electron chi connectivity index (χ1n) is 13.7. The molecule has 0 bridgehead atoms. The minimum absolute atomic E-state index is 0.281. The van der Waals surface area contributed by atoms with E-state index in [1.807, 2.05) is 12.1 Å². The Labute approximate surface area is 242 Å². The predicted octanol–water partition coefficient (Wildman–Crippen LogP) is 9.95. The zero-order valence-corrected chi connectivity index (χ0v) is 24.9. The molecule has 0 saturated heterocycles. The van der Waals surface area contributed by atoms with Gasteiger partial charge in [0.25, 0.3) is 0 Å². The van der Waals surface area contributed by atoms with Crippen molar-refractivity contribution in [1.29, 1.82) is 0 Å². The van der Waals surface area contributed by atoms with Gasteiger partial charge in [0.2, 0.25) is 0 Å². The summed E-state index contributed by atoms with van der Waals surface area (Å²) >= 11 is 11.5. The fourth-order valence-electron chi connectivity index (χ4n) is 7.24. The minimum atomic E-state index is -1.66. The van der Waals surface area contributed by atoms with Gasteiger partial charge >= 0.3 is 244 Å². The first-order valence-corrected chi connectivity index (χ1v) is 16.4. The zero-order valence-electron chi connectivity index (χ0n) is 20.9. The van der Waals surface area contributed by atoms with Crippen molar-refractivity contribution < 1.29 is 29.7 Å². The van der Waals surface area contributed by atoms with Gasteiger partial charge in [-0.05, 0) is 0 Å². The molecule has 2 aromatic carbocycles. The second-order valence-electron chi connectivity index (χ2n) is 11.0. The first-order chi connectivity index (χ1) is 18.2. The van der Waals surface area contributed by atoms with Gasteiger partial charge in [-0.25, -0.2) is 0 Å². The Morgan fingerprint density at radius 2 is 1.05 bits per heavy atom. The summed E-state index contributed by atoms with van der Waals surface area (Å²) in [5.74, 6) is 2.45. The van der Waals surface area contributed by atoms with Crippen LogP contribution in [0.25, 0.3) is 0 Å². The molecule has 2 aromatic rings. The summed E-state index contributed by atoms with van der Waals surface area (Å²) in [7, 11) is 0. The Bertz CT molecular complexity index is 1290. The molecule has 0 saturated carbocycles. The third kappa shape index (κ3) is 4.54. The summed E-state index contributed by atoms with van der Waals surface area (Å²) in [6.07, 6.45) is 17.0. The van der Waals surface area contributed by atoms with E-state index in [2.05, 4.69) is 36.4 Å². The molecule has 0 amide bonds. The normalized spacial score (nSPS) is 24.7. The van der Waals surface area contributed by atoms with E-state index in [0.717, 1.165) is 34.4 Å². The van der Waals surface area contributed by atoms with E-state index in [1.165, 1.54) is 73.6 Å². The number of rotatable bonds is 0. The molecule has 4 aliphatic carbocycles. The van der Waals surface area contributed by atoms with E-state index in [4.69, 9.17) is 28.8 Å². The van der Waals surface area contributed by atoms with Crippen molar-refractivity contribution in [2.45, 2.75) is 76.0 Å². The zero-order chi connectivity index (χ0) is 24.9. The van der Waals surface area contributed by atoms with Crippen molar-refractivity contribution in [1.82, 2.24) is 0 Å². The van der Waals surface area contributed by atoms with Gasteiger partial charge in [-0.2, -0.15) is 0 Å². The standard InChI is InChI=1S/C32H32Cl2O2.Zr/c33-23-11-13-29(35)27(17-23)31-21(15-19-5-1-3-7-25(19)31)9-10-22-16-20-6-2-4-8-26(20)32(22)28-18-24(34)12-14-30(28)36;/h11-18,31-32,35-36H,1-10H2;/q;+2/p-2. The Balaban J connectivity index is 1.34. The van der Waals surface area contributed by atoms with E-state index in [-0.39, 0.29) is 11.8 Å². The summed E-state index contributed by atoms with van der Waals surface area (Å²) in [4.78, 5) is 0. The van der Waals surface area contributed by atoms with Gasteiger partial charge in [0.15, 0.2) is 0 Å². The molecule has 5 heteroatoms. The third-order valence-corrected chi connectivity index (χ3v) is 10.8. The Kier molecular flexibility index (Phi) is 6.76. The molecular formula is C32H30Cl2O2Zr. The molecule has 2 atom stereocenters. The molecule has 2 nitrogen and oxygen atoms in total. The number of allylic oxidation sites excluding steroid dienone is 8. The average molecular weight is 609 g/mol. The number of fused-ring (bicyclic) bond motifs is 8. The van der Waals surface area contributed by atoms with Crippen molar-refractivity contribution in [3.8, 4) is 11.5 Å². The van der Waals surface area contributed by atoms with Crippen LogP contribution in [0.2, 0.25) is 10.0 Å². The van der Waals surface area contributed by atoms with Gasteiger partial charge in [-0.1, -0.05) is 0 Å². The van der Waals surface area contributed by atoms with Crippen molar-refractivity contribution in [3.05, 3.63) is 103 Å². The monoisotopic (exact) mass is 606 g/mol. The molecule has 1 aliphatic heterocycles.